The second-order valence-corrected chi connectivity index (χ2v) is 6.03. The van der Waals surface area contributed by atoms with Crippen LogP contribution >= 0.6 is 0 Å². The summed E-state index contributed by atoms with van der Waals surface area (Å²) in [5.41, 5.74) is -0.736. The third kappa shape index (κ3) is 5.73. The molecule has 0 aliphatic heterocycles. The summed E-state index contributed by atoms with van der Waals surface area (Å²) >= 11 is 0. The number of carbonyl (C=O) groups excluding carboxylic acids is 1. The van der Waals surface area contributed by atoms with Crippen molar-refractivity contribution in [2.24, 2.45) is 5.92 Å². The molecule has 0 N–H and O–H groups in total. The van der Waals surface area contributed by atoms with Crippen LogP contribution in [0.2, 0.25) is 0 Å². The van der Waals surface area contributed by atoms with Crippen LogP contribution in [0, 0.1) is 17.2 Å². The lowest BCUT2D eigenvalue weighted by molar-refractivity contribution is -0.137. The number of benzene rings is 1. The maximum absolute atomic E-state index is 12.7. The highest BCUT2D eigenvalue weighted by Crippen LogP contribution is 2.30. The SMILES string of the molecule is N#C/C(F)=C/C=C/C1CCC(OC(=O)c2ccc(C(F)(F)F)cc2)CC1. The van der Waals surface area contributed by atoms with Crippen molar-refractivity contribution in [1.82, 2.24) is 0 Å². The van der Waals surface area contributed by atoms with Crippen LogP contribution in [0.4, 0.5) is 17.6 Å². The van der Waals surface area contributed by atoms with Crippen LogP contribution in [-0.2, 0) is 10.9 Å². The van der Waals surface area contributed by atoms with Crippen molar-refractivity contribution in [2.45, 2.75) is 38.0 Å². The summed E-state index contributed by atoms with van der Waals surface area (Å²) in [6, 6.07) is 5.30. The molecule has 0 unspecified atom stereocenters. The molecule has 1 aromatic carbocycles. The average molecular weight is 367 g/mol. The zero-order valence-electron chi connectivity index (χ0n) is 13.8. The Morgan fingerprint density at radius 1 is 1.15 bits per heavy atom. The van der Waals surface area contributed by atoms with E-state index >= 15 is 0 Å². The zero-order chi connectivity index (χ0) is 19.2. The summed E-state index contributed by atoms with van der Waals surface area (Å²) < 4.78 is 55.6. The number of nitrogens with zero attached hydrogens (tertiary/aromatic N) is 1. The van der Waals surface area contributed by atoms with Crippen molar-refractivity contribution in [1.29, 1.82) is 5.26 Å². The maximum atomic E-state index is 12.7. The Kier molecular flexibility index (Phi) is 6.56. The Labute approximate surface area is 148 Å². The molecule has 0 amide bonds. The predicted octanol–water partition coefficient (Wildman–Crippen LogP) is 5.35. The molecule has 0 radical (unpaired) electrons. The number of hydrogen-bond donors (Lipinski definition) is 0. The summed E-state index contributed by atoms with van der Waals surface area (Å²) in [6.07, 6.45) is 2.38. The highest BCUT2D eigenvalue weighted by atomic mass is 19.4. The molecule has 0 heterocycles. The van der Waals surface area contributed by atoms with E-state index in [9.17, 15) is 22.4 Å². The number of carbonyl (C=O) groups is 1. The van der Waals surface area contributed by atoms with E-state index in [0.717, 1.165) is 43.2 Å². The van der Waals surface area contributed by atoms with E-state index in [1.54, 1.807) is 0 Å². The predicted molar refractivity (Wildman–Crippen MR) is 86.5 cm³/mol. The van der Waals surface area contributed by atoms with E-state index < -0.39 is 23.5 Å². The van der Waals surface area contributed by atoms with Gasteiger partial charge in [0.15, 0.2) is 5.83 Å². The van der Waals surface area contributed by atoms with Gasteiger partial charge in [0.25, 0.3) is 0 Å². The van der Waals surface area contributed by atoms with Gasteiger partial charge in [-0.25, -0.2) is 4.79 Å². The minimum Gasteiger partial charge on any atom is -0.459 e. The molecule has 1 aliphatic rings. The first-order chi connectivity index (χ1) is 12.3. The van der Waals surface area contributed by atoms with Crippen LogP contribution in [0.5, 0.6) is 0 Å². The minimum absolute atomic E-state index is 0.0807. The van der Waals surface area contributed by atoms with E-state index in [4.69, 9.17) is 10.00 Å². The molecule has 1 aliphatic carbocycles. The number of hydrogen-bond acceptors (Lipinski definition) is 3. The van der Waals surface area contributed by atoms with Gasteiger partial charge in [-0.05, 0) is 61.9 Å². The van der Waals surface area contributed by atoms with Crippen LogP contribution in [0.25, 0.3) is 0 Å². The van der Waals surface area contributed by atoms with Crippen molar-refractivity contribution in [2.75, 3.05) is 0 Å². The van der Waals surface area contributed by atoms with Crippen LogP contribution in [0.3, 0.4) is 0 Å². The van der Waals surface area contributed by atoms with Crippen LogP contribution in [-0.4, -0.2) is 12.1 Å². The third-order valence-electron chi connectivity index (χ3n) is 4.17. The fraction of sp³-hybridized carbons (Fsp3) is 0.368. The summed E-state index contributed by atoms with van der Waals surface area (Å²) in [5.74, 6) is -1.30. The van der Waals surface area contributed by atoms with Crippen molar-refractivity contribution in [3.05, 3.63) is 59.4 Å². The molecule has 7 heteroatoms. The summed E-state index contributed by atoms with van der Waals surface area (Å²) in [4.78, 5) is 12.0. The van der Waals surface area contributed by atoms with Gasteiger partial charge in [-0.1, -0.05) is 12.2 Å². The quantitative estimate of drug-likeness (QED) is 0.312. The molecule has 26 heavy (non-hydrogen) atoms. The normalized spacial score (nSPS) is 21.4. The molecule has 1 aromatic rings. The molecule has 3 nitrogen and oxygen atoms in total. The highest BCUT2D eigenvalue weighted by molar-refractivity contribution is 5.89. The lowest BCUT2D eigenvalue weighted by Gasteiger charge is -2.26. The molecule has 0 bridgehead atoms. The van der Waals surface area contributed by atoms with Gasteiger partial charge in [0, 0.05) is 0 Å². The second kappa shape index (κ2) is 8.65. The van der Waals surface area contributed by atoms with Crippen molar-refractivity contribution in [3.63, 3.8) is 0 Å². The fourth-order valence-corrected chi connectivity index (χ4v) is 2.75. The van der Waals surface area contributed by atoms with Crippen molar-refractivity contribution < 1.29 is 27.1 Å². The fourth-order valence-electron chi connectivity index (χ4n) is 2.75. The van der Waals surface area contributed by atoms with E-state index in [1.807, 2.05) is 6.08 Å². The number of rotatable bonds is 4. The van der Waals surface area contributed by atoms with E-state index in [1.165, 1.54) is 12.1 Å². The Bertz CT molecular complexity index is 721. The lowest BCUT2D eigenvalue weighted by atomic mass is 9.87. The van der Waals surface area contributed by atoms with Crippen LogP contribution < -0.4 is 0 Å². The topological polar surface area (TPSA) is 50.1 Å². The van der Waals surface area contributed by atoms with E-state index in [-0.39, 0.29) is 17.6 Å². The molecular weight excluding hydrogens is 350 g/mol. The summed E-state index contributed by atoms with van der Waals surface area (Å²) in [5, 5.41) is 8.31. The molecule has 138 valence electrons. The van der Waals surface area contributed by atoms with Gasteiger partial charge in [-0.3, -0.25) is 0 Å². The number of allylic oxidation sites excluding steroid dienone is 4. The Morgan fingerprint density at radius 2 is 1.77 bits per heavy atom. The van der Waals surface area contributed by atoms with Crippen molar-refractivity contribution >= 4 is 5.97 Å². The standard InChI is InChI=1S/C19H17F4NO2/c20-16(12-24)3-1-2-13-4-10-17(11-5-13)26-18(25)14-6-8-15(9-7-14)19(21,22)23/h1-3,6-9,13,17H,4-5,10-11H2/b2-1+,16-3-. The summed E-state index contributed by atoms with van der Waals surface area (Å²) in [7, 11) is 0. The average Bonchev–Trinajstić information content (AvgIpc) is 2.62. The van der Waals surface area contributed by atoms with Gasteiger partial charge in [-0.15, -0.1) is 0 Å². The van der Waals surface area contributed by atoms with Gasteiger partial charge in [0.05, 0.1) is 11.1 Å². The number of esters is 1. The summed E-state index contributed by atoms with van der Waals surface area (Å²) in [6.45, 7) is 0. The van der Waals surface area contributed by atoms with Gasteiger partial charge < -0.3 is 4.74 Å². The lowest BCUT2D eigenvalue weighted by Crippen LogP contribution is -2.24. The van der Waals surface area contributed by atoms with Gasteiger partial charge in [0.1, 0.15) is 12.2 Å². The number of alkyl halides is 3. The molecule has 0 aromatic heterocycles. The monoisotopic (exact) mass is 367 g/mol. The highest BCUT2D eigenvalue weighted by Gasteiger charge is 2.30. The minimum atomic E-state index is -4.44. The molecular formula is C19H17F4NO2. The Morgan fingerprint density at radius 3 is 2.31 bits per heavy atom. The first-order valence-corrected chi connectivity index (χ1v) is 8.12. The van der Waals surface area contributed by atoms with Crippen LogP contribution in [0.15, 0.2) is 48.3 Å². The largest absolute Gasteiger partial charge is 0.459 e. The number of ether oxygens (including phenoxy) is 1. The van der Waals surface area contributed by atoms with Gasteiger partial charge in [-0.2, -0.15) is 22.8 Å². The number of nitriles is 1. The second-order valence-electron chi connectivity index (χ2n) is 6.03. The van der Waals surface area contributed by atoms with Crippen molar-refractivity contribution in [3.8, 4) is 6.07 Å². The molecule has 0 saturated heterocycles. The molecule has 1 saturated carbocycles. The molecule has 0 atom stereocenters. The van der Waals surface area contributed by atoms with Gasteiger partial charge >= 0.3 is 12.1 Å². The van der Waals surface area contributed by atoms with E-state index in [2.05, 4.69) is 0 Å². The molecule has 2 rings (SSSR count). The molecule has 1 fully saturated rings. The molecule has 0 spiro atoms. The Balaban J connectivity index is 1.84. The third-order valence-corrected chi connectivity index (χ3v) is 4.17. The maximum Gasteiger partial charge on any atom is 0.416 e. The zero-order valence-corrected chi connectivity index (χ0v) is 13.8. The number of halogens is 4. The Hall–Kier alpha value is -2.62. The van der Waals surface area contributed by atoms with E-state index in [0.29, 0.717) is 12.8 Å². The first kappa shape index (κ1) is 19.7. The van der Waals surface area contributed by atoms with Gasteiger partial charge in [0.2, 0.25) is 0 Å². The first-order valence-electron chi connectivity index (χ1n) is 8.12. The smallest absolute Gasteiger partial charge is 0.416 e. The van der Waals surface area contributed by atoms with Crippen LogP contribution in [0.1, 0.15) is 41.6 Å².